The van der Waals surface area contributed by atoms with E-state index in [2.05, 4.69) is 0 Å². The first-order valence-corrected chi connectivity index (χ1v) is 10.4. The van der Waals surface area contributed by atoms with Crippen molar-refractivity contribution in [3.63, 3.8) is 0 Å². The second kappa shape index (κ2) is 8.18. The lowest BCUT2D eigenvalue weighted by Crippen LogP contribution is -2.37. The molecule has 12 heteroatoms. The van der Waals surface area contributed by atoms with Gasteiger partial charge in [0, 0.05) is 24.3 Å². The van der Waals surface area contributed by atoms with E-state index in [1.807, 2.05) is 0 Å². The van der Waals surface area contributed by atoms with Gasteiger partial charge in [-0.25, -0.2) is 9.96 Å². The number of nitro benzene ring substituents is 2. The summed E-state index contributed by atoms with van der Waals surface area (Å²) >= 11 is 0. The monoisotopic (exact) mass is 476 g/mol. The van der Waals surface area contributed by atoms with E-state index in [1.165, 1.54) is 59.7 Å². The van der Waals surface area contributed by atoms with E-state index < -0.39 is 39.7 Å². The minimum absolute atomic E-state index is 0.00699. The lowest BCUT2D eigenvalue weighted by atomic mass is 9.90. The Kier molecular flexibility index (Phi) is 5.14. The molecule has 2 aliphatic rings. The fourth-order valence-electron chi connectivity index (χ4n) is 4.37. The lowest BCUT2D eigenvalue weighted by Gasteiger charge is -2.28. The number of non-ortho nitro benzene ring substituents is 2. The van der Waals surface area contributed by atoms with Gasteiger partial charge in [-0.05, 0) is 35.9 Å². The fourth-order valence-corrected chi connectivity index (χ4v) is 4.37. The molecule has 1 N–H and O–H groups in total. The van der Waals surface area contributed by atoms with Gasteiger partial charge in [0.2, 0.25) is 5.91 Å². The van der Waals surface area contributed by atoms with Gasteiger partial charge < -0.3 is 5.11 Å². The van der Waals surface area contributed by atoms with Crippen molar-refractivity contribution in [2.45, 2.75) is 12.1 Å². The normalized spacial score (nSPS) is 21.3. The molecular weight excluding hydrogens is 460 g/mol. The Morgan fingerprint density at radius 2 is 1.46 bits per heavy atom. The van der Waals surface area contributed by atoms with Crippen molar-refractivity contribution in [1.82, 2.24) is 0 Å². The molecule has 0 saturated carbocycles. The number of carbonyl (C=O) groups excluding carboxylic acids is 2. The SMILES string of the molecule is O=C1[C@H]2[C@@H](ON(c3cccc([N+](=O)[O-])c3)[C@H]2c2ccc(O)cc2)C(=O)N1c1ccc([N+](=O)[O-])cc1. The van der Waals surface area contributed by atoms with Gasteiger partial charge in [0.15, 0.2) is 6.10 Å². The topological polar surface area (TPSA) is 156 Å². The number of rotatable bonds is 5. The summed E-state index contributed by atoms with van der Waals surface area (Å²) < 4.78 is 0. The largest absolute Gasteiger partial charge is 0.508 e. The number of anilines is 2. The molecule has 176 valence electrons. The van der Waals surface area contributed by atoms with Gasteiger partial charge in [-0.1, -0.05) is 18.2 Å². The van der Waals surface area contributed by atoms with E-state index in [4.69, 9.17) is 4.84 Å². The molecule has 3 aromatic carbocycles. The third-order valence-electron chi connectivity index (χ3n) is 5.96. The van der Waals surface area contributed by atoms with Gasteiger partial charge in [0.05, 0.1) is 27.3 Å². The number of carbonyl (C=O) groups is 2. The first-order valence-electron chi connectivity index (χ1n) is 10.4. The third-order valence-corrected chi connectivity index (χ3v) is 5.96. The Bertz CT molecular complexity index is 1360. The second-order valence-electron chi connectivity index (χ2n) is 7.98. The first kappa shape index (κ1) is 22.0. The van der Waals surface area contributed by atoms with Crippen LogP contribution in [-0.4, -0.2) is 32.9 Å². The zero-order chi connectivity index (χ0) is 24.9. The predicted molar refractivity (Wildman–Crippen MR) is 120 cm³/mol. The van der Waals surface area contributed by atoms with Crippen molar-refractivity contribution in [3.05, 3.63) is 98.6 Å². The number of hydrogen-bond acceptors (Lipinski definition) is 9. The summed E-state index contributed by atoms with van der Waals surface area (Å²) in [6.45, 7) is 0. The molecule has 0 radical (unpaired) electrons. The molecule has 3 aromatic rings. The van der Waals surface area contributed by atoms with Crippen LogP contribution in [0.15, 0.2) is 72.8 Å². The standard InChI is InChI=1S/C23H16N4O8/c28-18-10-4-13(5-11-18)20-19-21(35-25(20)16-2-1-3-17(12-16)27(33)34)23(30)24(22(19)29)14-6-8-15(9-7-14)26(31)32/h1-12,19-21,28H/t19-,20+,21-/m1/s1. The number of aromatic hydroxyl groups is 1. The van der Waals surface area contributed by atoms with Gasteiger partial charge in [-0.2, -0.15) is 0 Å². The van der Waals surface area contributed by atoms with E-state index in [-0.39, 0.29) is 28.5 Å². The van der Waals surface area contributed by atoms with Gasteiger partial charge in [-0.3, -0.25) is 34.7 Å². The van der Waals surface area contributed by atoms with Crippen molar-refractivity contribution in [3.8, 4) is 5.75 Å². The van der Waals surface area contributed by atoms with Crippen LogP contribution in [0.2, 0.25) is 0 Å². The molecule has 0 bridgehead atoms. The van der Waals surface area contributed by atoms with Gasteiger partial charge in [0.25, 0.3) is 17.3 Å². The van der Waals surface area contributed by atoms with Crippen LogP contribution in [0.25, 0.3) is 0 Å². The number of nitrogens with zero attached hydrogens (tertiary/aromatic N) is 4. The number of nitro groups is 2. The smallest absolute Gasteiger partial charge is 0.271 e. The van der Waals surface area contributed by atoms with Crippen molar-refractivity contribution in [1.29, 1.82) is 0 Å². The highest BCUT2D eigenvalue weighted by Gasteiger charge is 2.60. The maximum Gasteiger partial charge on any atom is 0.271 e. The molecule has 0 aliphatic carbocycles. The van der Waals surface area contributed by atoms with E-state index in [0.717, 1.165) is 4.90 Å². The van der Waals surface area contributed by atoms with E-state index in [0.29, 0.717) is 5.56 Å². The molecule has 12 nitrogen and oxygen atoms in total. The highest BCUT2D eigenvalue weighted by atomic mass is 16.7. The Hall–Kier alpha value is -4.84. The number of phenols is 1. The highest BCUT2D eigenvalue weighted by Crippen LogP contribution is 2.48. The maximum absolute atomic E-state index is 13.5. The molecule has 2 fully saturated rings. The number of imide groups is 1. The van der Waals surface area contributed by atoms with Crippen LogP contribution in [0, 0.1) is 26.1 Å². The average Bonchev–Trinajstić information content (AvgIpc) is 3.35. The summed E-state index contributed by atoms with van der Waals surface area (Å²) in [6, 6.07) is 15.7. The first-order chi connectivity index (χ1) is 16.8. The molecule has 2 heterocycles. The van der Waals surface area contributed by atoms with Crippen LogP contribution >= 0.6 is 0 Å². The zero-order valence-electron chi connectivity index (χ0n) is 17.8. The van der Waals surface area contributed by atoms with Crippen LogP contribution in [0.4, 0.5) is 22.7 Å². The number of phenolic OH excluding ortho intramolecular Hbond substituents is 1. The lowest BCUT2D eigenvalue weighted by molar-refractivity contribution is -0.385. The fraction of sp³-hybridized carbons (Fsp3) is 0.130. The Morgan fingerprint density at radius 3 is 2.09 bits per heavy atom. The van der Waals surface area contributed by atoms with Gasteiger partial charge in [-0.15, -0.1) is 0 Å². The molecule has 2 amide bonds. The summed E-state index contributed by atoms with van der Waals surface area (Å²) in [5, 5.41) is 33.3. The summed E-state index contributed by atoms with van der Waals surface area (Å²) in [4.78, 5) is 54.7. The Balaban J connectivity index is 1.56. The summed E-state index contributed by atoms with van der Waals surface area (Å²) in [5.74, 6) is -2.26. The maximum atomic E-state index is 13.5. The van der Waals surface area contributed by atoms with Crippen LogP contribution in [0.3, 0.4) is 0 Å². The molecular formula is C23H16N4O8. The van der Waals surface area contributed by atoms with E-state index in [9.17, 15) is 34.9 Å². The van der Waals surface area contributed by atoms with Crippen molar-refractivity contribution in [2.24, 2.45) is 5.92 Å². The highest BCUT2D eigenvalue weighted by molar-refractivity contribution is 6.24. The van der Waals surface area contributed by atoms with E-state index in [1.54, 1.807) is 18.2 Å². The predicted octanol–water partition coefficient (Wildman–Crippen LogP) is 3.26. The average molecular weight is 476 g/mol. The quantitative estimate of drug-likeness (QED) is 0.332. The van der Waals surface area contributed by atoms with Crippen LogP contribution < -0.4 is 9.96 Å². The van der Waals surface area contributed by atoms with Crippen LogP contribution in [0.1, 0.15) is 11.6 Å². The third kappa shape index (κ3) is 3.61. The number of amides is 2. The van der Waals surface area contributed by atoms with Crippen molar-refractivity contribution in [2.75, 3.05) is 9.96 Å². The molecule has 0 spiro atoms. The molecule has 2 saturated heterocycles. The molecule has 35 heavy (non-hydrogen) atoms. The minimum Gasteiger partial charge on any atom is -0.508 e. The number of benzene rings is 3. The molecule has 0 unspecified atom stereocenters. The van der Waals surface area contributed by atoms with E-state index >= 15 is 0 Å². The van der Waals surface area contributed by atoms with Gasteiger partial charge in [0.1, 0.15) is 11.7 Å². The summed E-state index contributed by atoms with van der Waals surface area (Å²) in [5.41, 5.74) is 0.582. The summed E-state index contributed by atoms with van der Waals surface area (Å²) in [6.07, 6.45) is -1.23. The zero-order valence-corrected chi connectivity index (χ0v) is 17.8. The number of hydroxylamine groups is 1. The molecule has 2 aliphatic heterocycles. The Morgan fingerprint density at radius 1 is 0.800 bits per heavy atom. The van der Waals surface area contributed by atoms with Crippen molar-refractivity contribution >= 4 is 34.6 Å². The minimum atomic E-state index is -1.23. The second-order valence-corrected chi connectivity index (χ2v) is 7.98. The Labute approximate surface area is 196 Å². The van der Waals surface area contributed by atoms with Crippen LogP contribution in [0.5, 0.6) is 5.75 Å². The number of hydrogen-bond donors (Lipinski definition) is 1. The molecule has 5 rings (SSSR count). The summed E-state index contributed by atoms with van der Waals surface area (Å²) in [7, 11) is 0. The molecule has 3 atom stereocenters. The number of fused-ring (bicyclic) bond motifs is 1. The van der Waals surface area contributed by atoms with Crippen LogP contribution in [-0.2, 0) is 14.4 Å². The van der Waals surface area contributed by atoms with Gasteiger partial charge >= 0.3 is 0 Å². The van der Waals surface area contributed by atoms with Crippen molar-refractivity contribution < 1.29 is 29.4 Å². The molecule has 0 aromatic heterocycles.